The molecule has 1 heterocycles. The SMILES string of the molecule is CC(C)[C@H](N)C(=O)NCCC(O)(c1nccn1C)C(F)(F)F. The standard InChI is InChI=1S/C13H21F3N4O2/c1-8(2)9(17)10(21)18-5-4-12(22,13(14,15)16)11-19-6-7-20(11)3/h6-9,22H,4-5,17H2,1-3H3,(H,18,21)/t9-,12?/m0/s1. The van der Waals surface area contributed by atoms with Gasteiger partial charge in [0.2, 0.25) is 11.5 Å². The highest BCUT2D eigenvalue weighted by Gasteiger charge is 2.57. The van der Waals surface area contributed by atoms with E-state index in [-0.39, 0.29) is 12.5 Å². The largest absolute Gasteiger partial charge is 0.424 e. The van der Waals surface area contributed by atoms with Gasteiger partial charge in [0, 0.05) is 32.4 Å². The van der Waals surface area contributed by atoms with Gasteiger partial charge >= 0.3 is 6.18 Å². The van der Waals surface area contributed by atoms with E-state index in [1.165, 1.54) is 19.4 Å². The molecule has 1 rings (SSSR count). The number of carbonyl (C=O) groups excluding carboxylic acids is 1. The summed E-state index contributed by atoms with van der Waals surface area (Å²) in [6.07, 6.45) is -3.20. The molecule has 1 aromatic heterocycles. The Kier molecular flexibility index (Phi) is 5.58. The van der Waals surface area contributed by atoms with Crippen molar-refractivity contribution in [3.8, 4) is 0 Å². The lowest BCUT2D eigenvalue weighted by atomic mass is 9.97. The van der Waals surface area contributed by atoms with Crippen LogP contribution in [0.1, 0.15) is 26.1 Å². The molecule has 126 valence electrons. The topological polar surface area (TPSA) is 93.2 Å². The molecule has 0 spiro atoms. The van der Waals surface area contributed by atoms with Crippen LogP contribution >= 0.6 is 0 Å². The second kappa shape index (κ2) is 6.66. The molecular formula is C13H21F3N4O2. The highest BCUT2D eigenvalue weighted by atomic mass is 19.4. The third kappa shape index (κ3) is 3.77. The molecule has 9 heteroatoms. The van der Waals surface area contributed by atoms with Crippen molar-refractivity contribution in [3.63, 3.8) is 0 Å². The number of carbonyl (C=O) groups is 1. The van der Waals surface area contributed by atoms with Gasteiger partial charge in [0.25, 0.3) is 0 Å². The summed E-state index contributed by atoms with van der Waals surface area (Å²) < 4.78 is 40.7. The van der Waals surface area contributed by atoms with Crippen molar-refractivity contribution in [2.24, 2.45) is 18.7 Å². The minimum atomic E-state index is -4.92. The van der Waals surface area contributed by atoms with Crippen molar-refractivity contribution >= 4 is 5.91 Å². The Bertz CT molecular complexity index is 516. The van der Waals surface area contributed by atoms with Gasteiger partial charge in [-0.15, -0.1) is 0 Å². The number of nitrogens with two attached hydrogens (primary N) is 1. The lowest BCUT2D eigenvalue weighted by Gasteiger charge is -2.30. The van der Waals surface area contributed by atoms with E-state index in [2.05, 4.69) is 10.3 Å². The van der Waals surface area contributed by atoms with Crippen molar-refractivity contribution in [2.45, 2.75) is 38.1 Å². The fourth-order valence-corrected chi connectivity index (χ4v) is 1.93. The molecule has 0 radical (unpaired) electrons. The van der Waals surface area contributed by atoms with Crippen LogP contribution in [-0.2, 0) is 17.4 Å². The molecule has 0 aliphatic carbocycles. The summed E-state index contributed by atoms with van der Waals surface area (Å²) in [5, 5.41) is 12.4. The molecule has 1 aromatic rings. The molecule has 1 amide bonds. The first kappa shape index (κ1) is 18.4. The Labute approximate surface area is 126 Å². The van der Waals surface area contributed by atoms with E-state index in [1.54, 1.807) is 13.8 Å². The number of rotatable bonds is 6. The van der Waals surface area contributed by atoms with E-state index in [0.29, 0.717) is 0 Å². The smallest absolute Gasteiger partial charge is 0.374 e. The number of halogens is 3. The molecule has 1 unspecified atom stereocenters. The molecule has 0 aliphatic rings. The second-order valence-corrected chi connectivity index (χ2v) is 5.53. The minimum absolute atomic E-state index is 0.143. The van der Waals surface area contributed by atoms with Crippen LogP contribution in [-0.4, -0.2) is 39.3 Å². The van der Waals surface area contributed by atoms with Gasteiger partial charge in [-0.25, -0.2) is 4.98 Å². The van der Waals surface area contributed by atoms with Crippen LogP contribution in [0.3, 0.4) is 0 Å². The molecule has 2 atom stereocenters. The molecule has 0 bridgehead atoms. The third-order valence-electron chi connectivity index (χ3n) is 3.47. The second-order valence-electron chi connectivity index (χ2n) is 5.53. The highest BCUT2D eigenvalue weighted by Crippen LogP contribution is 2.40. The predicted molar refractivity (Wildman–Crippen MR) is 73.6 cm³/mol. The monoisotopic (exact) mass is 322 g/mol. The van der Waals surface area contributed by atoms with Crippen LogP contribution in [0.25, 0.3) is 0 Å². The summed E-state index contributed by atoms with van der Waals surface area (Å²) >= 11 is 0. The Morgan fingerprint density at radius 1 is 1.50 bits per heavy atom. The maximum absolute atomic E-state index is 13.2. The highest BCUT2D eigenvalue weighted by molar-refractivity contribution is 5.81. The average molecular weight is 322 g/mol. The van der Waals surface area contributed by atoms with Crippen LogP contribution in [0.4, 0.5) is 13.2 Å². The number of alkyl halides is 3. The normalized spacial score (nSPS) is 16.4. The molecule has 0 fully saturated rings. The summed E-state index contributed by atoms with van der Waals surface area (Å²) in [5.74, 6) is -1.22. The summed E-state index contributed by atoms with van der Waals surface area (Å²) in [7, 11) is 1.35. The van der Waals surface area contributed by atoms with Crippen molar-refractivity contribution in [2.75, 3.05) is 6.54 Å². The fraction of sp³-hybridized carbons (Fsp3) is 0.692. The van der Waals surface area contributed by atoms with Crippen molar-refractivity contribution in [1.29, 1.82) is 0 Å². The van der Waals surface area contributed by atoms with E-state index in [4.69, 9.17) is 5.73 Å². The van der Waals surface area contributed by atoms with Crippen LogP contribution in [0.15, 0.2) is 12.4 Å². The Morgan fingerprint density at radius 2 is 2.09 bits per heavy atom. The fourth-order valence-electron chi connectivity index (χ4n) is 1.93. The molecule has 22 heavy (non-hydrogen) atoms. The summed E-state index contributed by atoms with van der Waals surface area (Å²) in [5.41, 5.74) is 2.46. The quantitative estimate of drug-likeness (QED) is 0.717. The number of imidazole rings is 1. The maximum atomic E-state index is 13.2. The zero-order chi connectivity index (χ0) is 17.1. The van der Waals surface area contributed by atoms with Gasteiger partial charge in [0.15, 0.2) is 0 Å². The van der Waals surface area contributed by atoms with Crippen molar-refractivity contribution in [1.82, 2.24) is 14.9 Å². The van der Waals surface area contributed by atoms with Crippen molar-refractivity contribution in [3.05, 3.63) is 18.2 Å². The first-order chi connectivity index (χ1) is 10.0. The molecule has 0 aliphatic heterocycles. The number of amides is 1. The lowest BCUT2D eigenvalue weighted by molar-refractivity contribution is -0.272. The van der Waals surface area contributed by atoms with Gasteiger partial charge in [-0.2, -0.15) is 13.2 Å². The average Bonchev–Trinajstić information content (AvgIpc) is 2.82. The lowest BCUT2D eigenvalue weighted by Crippen LogP contribution is -2.49. The molecule has 0 saturated heterocycles. The molecular weight excluding hydrogens is 301 g/mol. The number of hydrogen-bond donors (Lipinski definition) is 3. The van der Waals surface area contributed by atoms with E-state index >= 15 is 0 Å². The molecule has 0 aromatic carbocycles. The number of aliphatic hydroxyl groups is 1. The van der Waals surface area contributed by atoms with Gasteiger partial charge in [-0.1, -0.05) is 13.8 Å². The number of nitrogens with zero attached hydrogens (tertiary/aromatic N) is 2. The Hall–Kier alpha value is -1.61. The van der Waals surface area contributed by atoms with Gasteiger partial charge in [-0.3, -0.25) is 4.79 Å². The zero-order valence-corrected chi connectivity index (χ0v) is 12.7. The van der Waals surface area contributed by atoms with Gasteiger partial charge in [0.05, 0.1) is 6.04 Å². The molecule has 4 N–H and O–H groups in total. The Morgan fingerprint density at radius 3 is 2.50 bits per heavy atom. The van der Waals surface area contributed by atoms with Gasteiger partial charge < -0.3 is 20.7 Å². The van der Waals surface area contributed by atoms with E-state index in [0.717, 1.165) is 4.57 Å². The van der Waals surface area contributed by atoms with Crippen LogP contribution < -0.4 is 11.1 Å². The Balaban J connectivity index is 2.82. The first-order valence-electron chi connectivity index (χ1n) is 6.81. The summed E-state index contributed by atoms with van der Waals surface area (Å²) in [4.78, 5) is 15.2. The number of nitrogens with one attached hydrogen (secondary N) is 1. The van der Waals surface area contributed by atoms with E-state index in [9.17, 15) is 23.1 Å². The first-order valence-corrected chi connectivity index (χ1v) is 6.81. The van der Waals surface area contributed by atoms with Crippen molar-refractivity contribution < 1.29 is 23.1 Å². The van der Waals surface area contributed by atoms with Crippen LogP contribution in [0, 0.1) is 5.92 Å². The summed E-state index contributed by atoms with van der Waals surface area (Å²) in [6, 6.07) is -0.813. The van der Waals surface area contributed by atoms with Gasteiger partial charge in [-0.05, 0) is 5.92 Å². The number of aryl methyl sites for hydroxylation is 1. The van der Waals surface area contributed by atoms with Gasteiger partial charge in [0.1, 0.15) is 5.82 Å². The van der Waals surface area contributed by atoms with Crippen LogP contribution in [0.5, 0.6) is 0 Å². The number of aromatic nitrogens is 2. The number of hydrogen-bond acceptors (Lipinski definition) is 4. The van der Waals surface area contributed by atoms with E-state index in [1.807, 2.05) is 0 Å². The predicted octanol–water partition coefficient (Wildman–Crippen LogP) is 0.660. The molecule has 0 saturated carbocycles. The zero-order valence-electron chi connectivity index (χ0n) is 12.7. The third-order valence-corrected chi connectivity index (χ3v) is 3.47. The summed E-state index contributed by atoms with van der Waals surface area (Å²) in [6.45, 7) is 3.08. The van der Waals surface area contributed by atoms with Crippen LogP contribution in [0.2, 0.25) is 0 Å². The maximum Gasteiger partial charge on any atom is 0.424 e. The molecule has 6 nitrogen and oxygen atoms in total. The van der Waals surface area contributed by atoms with E-state index < -0.39 is 36.0 Å². The minimum Gasteiger partial charge on any atom is -0.374 e.